The van der Waals surface area contributed by atoms with Crippen LogP contribution in [0.3, 0.4) is 0 Å². The molecule has 0 bridgehead atoms. The Labute approximate surface area is 375 Å². The number of hydrogen-bond donors (Lipinski definition) is 3. The van der Waals surface area contributed by atoms with Crippen molar-refractivity contribution in [2.45, 2.75) is 101 Å². The van der Waals surface area contributed by atoms with E-state index in [1.807, 2.05) is 6.07 Å². The largest absolute Gasteiger partial charge is 0.495 e. The average Bonchev–Trinajstić information content (AvgIpc) is 3.90. The highest BCUT2D eigenvalue weighted by Gasteiger charge is 2.49. The highest BCUT2D eigenvalue weighted by atomic mass is 19.3. The first kappa shape index (κ1) is 44.0. The van der Waals surface area contributed by atoms with E-state index in [-0.39, 0.29) is 53.8 Å². The van der Waals surface area contributed by atoms with Crippen molar-refractivity contribution in [1.29, 1.82) is 0 Å². The molecular formula is C46H54F2N10O7. The maximum absolute atomic E-state index is 15.1. The third-order valence-corrected chi connectivity index (χ3v) is 14.2. The molecule has 0 spiro atoms. The molecule has 2 aliphatic carbocycles. The van der Waals surface area contributed by atoms with Gasteiger partial charge >= 0.3 is 5.92 Å². The first-order valence-electron chi connectivity index (χ1n) is 22.6. The van der Waals surface area contributed by atoms with E-state index < -0.39 is 48.0 Å². The average molecular weight is 897 g/mol. The molecule has 17 nitrogen and oxygen atoms in total. The fourth-order valence-electron chi connectivity index (χ4n) is 10.3. The van der Waals surface area contributed by atoms with Gasteiger partial charge in [-0.2, -0.15) is 13.8 Å². The van der Waals surface area contributed by atoms with Crippen LogP contribution in [-0.4, -0.2) is 133 Å². The first-order chi connectivity index (χ1) is 31.2. The fourth-order valence-corrected chi connectivity index (χ4v) is 10.3. The lowest BCUT2D eigenvalue weighted by Gasteiger charge is -2.42. The number of ether oxygens (including phenoxy) is 1. The molecule has 3 N–H and O–H groups in total. The normalized spacial score (nSPS) is 23.6. The van der Waals surface area contributed by atoms with E-state index in [0.717, 1.165) is 87.2 Å². The molecule has 344 valence electrons. The molecule has 4 aliphatic heterocycles. The van der Waals surface area contributed by atoms with Crippen molar-refractivity contribution in [1.82, 2.24) is 30.4 Å². The number of methoxy groups -OCH3 is 1. The van der Waals surface area contributed by atoms with Crippen molar-refractivity contribution in [3.8, 4) is 5.75 Å². The van der Waals surface area contributed by atoms with E-state index in [1.165, 1.54) is 20.4 Å². The number of benzene rings is 2. The molecule has 6 amide bonds. The molecule has 0 radical (unpaired) electrons. The van der Waals surface area contributed by atoms with Gasteiger partial charge in [-0.15, -0.1) is 0 Å². The van der Waals surface area contributed by atoms with Gasteiger partial charge in [-0.25, -0.2) is 4.98 Å². The number of fused-ring (bicyclic) bond motifs is 2. The van der Waals surface area contributed by atoms with Crippen LogP contribution in [0.25, 0.3) is 0 Å². The number of aromatic nitrogens is 2. The number of anilines is 5. The Bertz CT molecular complexity index is 2420. The van der Waals surface area contributed by atoms with E-state index in [2.05, 4.69) is 42.8 Å². The smallest absolute Gasteiger partial charge is 0.342 e. The number of carbonyl (C=O) groups is 6. The van der Waals surface area contributed by atoms with Gasteiger partial charge in [-0.3, -0.25) is 39.0 Å². The first-order valence-corrected chi connectivity index (χ1v) is 22.6. The SMILES string of the molecule is COc1cc(C(=O)NC2CC(N(C)CCC3CCN(c4cccc5c4C(=O)N(C4CCC(=O)NC4=O)C5=O)CC3)C2)ccc1Nc1ncc2c(n1)N(C1CCCC1)CC(F)(F)C(=O)N2C. The van der Waals surface area contributed by atoms with Gasteiger partial charge in [-0.05, 0) is 101 Å². The van der Waals surface area contributed by atoms with Crippen molar-refractivity contribution in [3.63, 3.8) is 0 Å². The lowest BCUT2D eigenvalue weighted by Crippen LogP contribution is -2.54. The summed E-state index contributed by atoms with van der Waals surface area (Å²) in [4.78, 5) is 94.3. The standard InChI is InChI=1S/C46H54F2N10O7/c1-54(18-15-26-16-19-56(20-17-26)33-10-6-9-31-38(33)43(63)58(42(31)62)34-13-14-37(59)52-41(34)61)30-22-28(23-30)50-40(60)27-11-12-32(36(21-27)65-3)51-45-49-24-35-39(53-45)57(29-7-4-5-8-29)25-46(47,48)44(64)55(35)2/h6,9-12,21,24,26,28-30,34H,4-5,7-8,13-20,22-23,25H2,1-3H3,(H,50,60)(H,49,51,53)(H,52,59,61). The minimum atomic E-state index is -3.58. The summed E-state index contributed by atoms with van der Waals surface area (Å²) in [7, 11) is 4.91. The van der Waals surface area contributed by atoms with Gasteiger partial charge < -0.3 is 35.0 Å². The zero-order valence-corrected chi connectivity index (χ0v) is 36.8. The number of rotatable bonds is 12. The number of amides is 6. The predicted molar refractivity (Wildman–Crippen MR) is 236 cm³/mol. The summed E-state index contributed by atoms with van der Waals surface area (Å²) in [6.45, 7) is 1.61. The summed E-state index contributed by atoms with van der Waals surface area (Å²) in [6.07, 6.45) is 9.35. The van der Waals surface area contributed by atoms with Crippen LogP contribution in [0, 0.1) is 5.92 Å². The number of nitrogens with zero attached hydrogens (tertiary/aromatic N) is 7. The van der Waals surface area contributed by atoms with E-state index in [9.17, 15) is 28.8 Å². The molecule has 6 aliphatic rings. The minimum absolute atomic E-state index is 0.0169. The number of alkyl halides is 2. The molecule has 1 atom stereocenters. The molecule has 1 aromatic heterocycles. The Morgan fingerprint density at radius 1 is 0.985 bits per heavy atom. The Kier molecular flexibility index (Phi) is 11.9. The summed E-state index contributed by atoms with van der Waals surface area (Å²) in [5, 5.41) is 8.52. The Balaban J connectivity index is 0.749. The maximum atomic E-state index is 15.1. The molecule has 9 rings (SSSR count). The van der Waals surface area contributed by atoms with E-state index in [4.69, 9.17) is 4.74 Å². The van der Waals surface area contributed by atoms with E-state index in [1.54, 1.807) is 35.2 Å². The van der Waals surface area contributed by atoms with Gasteiger partial charge in [0.1, 0.15) is 17.5 Å². The summed E-state index contributed by atoms with van der Waals surface area (Å²) in [6, 6.07) is 9.42. The Morgan fingerprint density at radius 2 is 1.74 bits per heavy atom. The van der Waals surface area contributed by atoms with E-state index in [0.29, 0.717) is 40.2 Å². The fraction of sp³-hybridized carbons (Fsp3) is 0.522. The van der Waals surface area contributed by atoms with Crippen LogP contribution in [0.1, 0.15) is 102 Å². The molecule has 2 aromatic carbocycles. The molecule has 3 aromatic rings. The zero-order chi connectivity index (χ0) is 45.7. The topological polar surface area (TPSA) is 190 Å². The highest BCUT2D eigenvalue weighted by Crippen LogP contribution is 2.41. The summed E-state index contributed by atoms with van der Waals surface area (Å²) >= 11 is 0. The highest BCUT2D eigenvalue weighted by molar-refractivity contribution is 6.25. The van der Waals surface area contributed by atoms with Crippen molar-refractivity contribution < 1.29 is 42.3 Å². The van der Waals surface area contributed by atoms with Crippen molar-refractivity contribution in [2.24, 2.45) is 5.92 Å². The zero-order valence-electron chi connectivity index (χ0n) is 36.8. The molecule has 2 saturated heterocycles. The number of imide groups is 2. The van der Waals surface area contributed by atoms with Crippen molar-refractivity contribution >= 4 is 64.3 Å². The van der Waals surface area contributed by atoms with Crippen molar-refractivity contribution in [2.75, 3.05) is 67.4 Å². The van der Waals surface area contributed by atoms with Crippen LogP contribution in [0.5, 0.6) is 5.75 Å². The molecule has 4 fully saturated rings. The summed E-state index contributed by atoms with van der Waals surface area (Å²) in [5.74, 6) is -5.89. The predicted octanol–water partition coefficient (Wildman–Crippen LogP) is 4.49. The number of carbonyl (C=O) groups excluding carboxylic acids is 6. The second kappa shape index (κ2) is 17.6. The Hall–Kier alpha value is -6.24. The van der Waals surface area contributed by atoms with Crippen LogP contribution in [0.4, 0.5) is 37.6 Å². The second-order valence-corrected chi connectivity index (χ2v) is 18.2. The maximum Gasteiger partial charge on any atom is 0.342 e. The van der Waals surface area contributed by atoms with E-state index >= 15 is 8.78 Å². The van der Waals surface area contributed by atoms with Gasteiger partial charge in [0.25, 0.3) is 23.6 Å². The number of hydrogen-bond acceptors (Lipinski definition) is 13. The second-order valence-electron chi connectivity index (χ2n) is 18.2. The molecule has 1 unspecified atom stereocenters. The minimum Gasteiger partial charge on any atom is -0.495 e. The lowest BCUT2D eigenvalue weighted by molar-refractivity contribution is -0.140. The van der Waals surface area contributed by atoms with Gasteiger partial charge in [0.15, 0.2) is 5.82 Å². The molecule has 2 saturated carbocycles. The van der Waals surface area contributed by atoms with Gasteiger partial charge in [0, 0.05) is 50.2 Å². The van der Waals surface area contributed by atoms with Crippen molar-refractivity contribution in [3.05, 3.63) is 59.3 Å². The molecule has 19 heteroatoms. The Morgan fingerprint density at radius 3 is 2.46 bits per heavy atom. The molecule has 65 heavy (non-hydrogen) atoms. The number of halogens is 2. The lowest BCUT2D eigenvalue weighted by atomic mass is 9.84. The van der Waals surface area contributed by atoms with Crippen LogP contribution in [0.15, 0.2) is 42.6 Å². The molecular weight excluding hydrogens is 843 g/mol. The van der Waals surface area contributed by atoms with Gasteiger partial charge in [0.05, 0.1) is 42.4 Å². The molecule has 5 heterocycles. The van der Waals surface area contributed by atoms with Crippen LogP contribution < -0.4 is 35.4 Å². The monoisotopic (exact) mass is 896 g/mol. The number of piperidine rings is 2. The third kappa shape index (κ3) is 8.45. The summed E-state index contributed by atoms with van der Waals surface area (Å²) < 4.78 is 35.7. The van der Waals surface area contributed by atoms with Crippen LogP contribution >= 0.6 is 0 Å². The summed E-state index contributed by atoms with van der Waals surface area (Å²) in [5.41, 5.74) is 2.41. The third-order valence-electron chi connectivity index (χ3n) is 14.2. The van der Waals surface area contributed by atoms with Gasteiger partial charge in [-0.1, -0.05) is 18.9 Å². The quantitative estimate of drug-likeness (QED) is 0.216. The van der Waals surface area contributed by atoms with Crippen LogP contribution in [-0.2, 0) is 14.4 Å². The number of nitrogens with one attached hydrogen (secondary N) is 3. The van der Waals surface area contributed by atoms with Gasteiger partial charge in [0.2, 0.25) is 17.8 Å². The van der Waals surface area contributed by atoms with Crippen LogP contribution in [0.2, 0.25) is 0 Å².